The van der Waals surface area contributed by atoms with E-state index >= 15 is 0 Å². The van der Waals surface area contributed by atoms with E-state index in [0.717, 1.165) is 0 Å². The fourth-order valence-corrected chi connectivity index (χ4v) is 1.26. The molecule has 1 aliphatic rings. The molecular weight excluding hydrogens is 142 g/mol. The Morgan fingerprint density at radius 1 is 1.36 bits per heavy atom. The van der Waals surface area contributed by atoms with E-state index in [-0.39, 0.29) is 6.42 Å². The number of rotatable bonds is 2. The summed E-state index contributed by atoms with van der Waals surface area (Å²) in [5, 5.41) is 26.0. The SMILES string of the molecule is N#CCN1CC(O)(CC#N)C1. The van der Waals surface area contributed by atoms with Crippen LogP contribution in [0.25, 0.3) is 0 Å². The maximum Gasteiger partial charge on any atom is 0.103 e. The first-order chi connectivity index (χ1) is 5.20. The molecule has 11 heavy (non-hydrogen) atoms. The molecule has 58 valence electrons. The van der Waals surface area contributed by atoms with Crippen LogP contribution in [-0.2, 0) is 0 Å². The molecule has 0 aromatic heterocycles. The quantitative estimate of drug-likeness (QED) is 0.538. The van der Waals surface area contributed by atoms with E-state index < -0.39 is 5.60 Å². The van der Waals surface area contributed by atoms with Gasteiger partial charge in [0.05, 0.1) is 25.1 Å². The molecule has 4 nitrogen and oxygen atoms in total. The summed E-state index contributed by atoms with van der Waals surface area (Å²) in [6.07, 6.45) is 0.162. The summed E-state index contributed by atoms with van der Waals surface area (Å²) < 4.78 is 0. The Hall–Kier alpha value is -1.10. The van der Waals surface area contributed by atoms with E-state index in [1.807, 2.05) is 12.1 Å². The predicted octanol–water partition coefficient (Wildman–Crippen LogP) is -0.530. The molecule has 0 radical (unpaired) electrons. The molecule has 1 N–H and O–H groups in total. The Balaban J connectivity index is 2.28. The largest absolute Gasteiger partial charge is 0.386 e. The topological polar surface area (TPSA) is 71.1 Å². The van der Waals surface area contributed by atoms with Crippen molar-refractivity contribution in [2.45, 2.75) is 12.0 Å². The van der Waals surface area contributed by atoms with E-state index in [9.17, 15) is 5.11 Å². The van der Waals surface area contributed by atoms with E-state index in [4.69, 9.17) is 10.5 Å². The Morgan fingerprint density at radius 2 is 2.00 bits per heavy atom. The normalized spacial score (nSPS) is 21.4. The lowest BCUT2D eigenvalue weighted by Gasteiger charge is -2.43. The third-order valence-electron chi connectivity index (χ3n) is 1.74. The van der Waals surface area contributed by atoms with Crippen LogP contribution < -0.4 is 0 Å². The smallest absolute Gasteiger partial charge is 0.103 e. The molecule has 0 aromatic rings. The summed E-state index contributed by atoms with van der Waals surface area (Å²) in [6, 6.07) is 3.89. The van der Waals surface area contributed by atoms with Gasteiger partial charge in [-0.3, -0.25) is 4.90 Å². The Labute approximate surface area is 65.3 Å². The third kappa shape index (κ3) is 1.68. The molecule has 1 rings (SSSR count). The van der Waals surface area contributed by atoms with Gasteiger partial charge in [0.25, 0.3) is 0 Å². The van der Waals surface area contributed by atoms with Gasteiger partial charge < -0.3 is 5.11 Å². The van der Waals surface area contributed by atoms with Crippen molar-refractivity contribution in [3.05, 3.63) is 0 Å². The fraction of sp³-hybridized carbons (Fsp3) is 0.714. The van der Waals surface area contributed by atoms with Gasteiger partial charge in [0.2, 0.25) is 0 Å². The highest BCUT2D eigenvalue weighted by atomic mass is 16.3. The molecule has 1 saturated heterocycles. The van der Waals surface area contributed by atoms with Crippen molar-refractivity contribution in [2.24, 2.45) is 0 Å². The third-order valence-corrected chi connectivity index (χ3v) is 1.74. The van der Waals surface area contributed by atoms with Gasteiger partial charge in [0.1, 0.15) is 5.60 Å². The number of β-amino-alcohol motifs (C(OH)–C–C–N with tert-alkyl or cyclic N) is 1. The Bertz CT molecular complexity index is 219. The minimum Gasteiger partial charge on any atom is -0.386 e. The summed E-state index contributed by atoms with van der Waals surface area (Å²) in [4.78, 5) is 1.80. The summed E-state index contributed by atoms with van der Waals surface area (Å²) in [5.41, 5.74) is -0.842. The number of likely N-dealkylation sites (tertiary alicyclic amines) is 1. The summed E-state index contributed by atoms with van der Waals surface area (Å²) in [6.45, 7) is 1.25. The van der Waals surface area contributed by atoms with Gasteiger partial charge in [0.15, 0.2) is 0 Å². The highest BCUT2D eigenvalue weighted by molar-refractivity contribution is 5.02. The van der Waals surface area contributed by atoms with Crippen LogP contribution >= 0.6 is 0 Å². The maximum atomic E-state index is 9.43. The minimum absolute atomic E-state index is 0.162. The second-order valence-corrected chi connectivity index (χ2v) is 2.86. The Morgan fingerprint density at radius 3 is 2.45 bits per heavy atom. The summed E-state index contributed by atoms with van der Waals surface area (Å²) in [7, 11) is 0. The molecule has 1 fully saturated rings. The van der Waals surface area contributed by atoms with Crippen molar-refractivity contribution < 1.29 is 5.11 Å². The fourth-order valence-electron chi connectivity index (χ4n) is 1.26. The second kappa shape index (κ2) is 2.87. The van der Waals surface area contributed by atoms with E-state index in [1.54, 1.807) is 4.90 Å². The van der Waals surface area contributed by atoms with Gasteiger partial charge in [-0.1, -0.05) is 0 Å². The lowest BCUT2D eigenvalue weighted by atomic mass is 9.91. The standard InChI is InChI=1S/C7H9N3O/c8-2-1-7(11)5-10(6-7)4-3-9/h11H,1,4-6H2. The average molecular weight is 151 g/mol. The molecule has 4 heteroatoms. The molecule has 0 atom stereocenters. The number of hydrogen-bond donors (Lipinski definition) is 1. The number of nitrogens with zero attached hydrogens (tertiary/aromatic N) is 3. The van der Waals surface area contributed by atoms with Gasteiger partial charge in [-0.2, -0.15) is 10.5 Å². The first kappa shape index (κ1) is 8.00. The zero-order valence-electron chi connectivity index (χ0n) is 6.12. The summed E-state index contributed by atoms with van der Waals surface area (Å²) >= 11 is 0. The second-order valence-electron chi connectivity index (χ2n) is 2.86. The molecule has 0 bridgehead atoms. The lowest BCUT2D eigenvalue weighted by Crippen LogP contribution is -2.61. The number of aliphatic hydroxyl groups is 1. The van der Waals surface area contributed by atoms with Crippen LogP contribution in [0.5, 0.6) is 0 Å². The molecule has 1 aliphatic heterocycles. The van der Waals surface area contributed by atoms with Crippen molar-refractivity contribution in [3.63, 3.8) is 0 Å². The molecule has 0 spiro atoms. The van der Waals surface area contributed by atoms with Crippen LogP contribution in [-0.4, -0.2) is 35.2 Å². The van der Waals surface area contributed by atoms with Crippen molar-refractivity contribution in [2.75, 3.05) is 19.6 Å². The average Bonchev–Trinajstić information content (AvgIpc) is 1.85. The van der Waals surface area contributed by atoms with Gasteiger partial charge in [0, 0.05) is 13.1 Å². The first-order valence-electron chi connectivity index (χ1n) is 3.39. The molecule has 1 heterocycles. The Kier molecular flexibility index (Phi) is 2.09. The van der Waals surface area contributed by atoms with Crippen LogP contribution in [0.15, 0.2) is 0 Å². The van der Waals surface area contributed by atoms with Crippen molar-refractivity contribution >= 4 is 0 Å². The van der Waals surface area contributed by atoms with Crippen LogP contribution in [0.1, 0.15) is 6.42 Å². The first-order valence-corrected chi connectivity index (χ1v) is 3.39. The van der Waals surface area contributed by atoms with E-state index in [2.05, 4.69) is 0 Å². The van der Waals surface area contributed by atoms with Crippen LogP contribution in [0.4, 0.5) is 0 Å². The summed E-state index contributed by atoms with van der Waals surface area (Å²) in [5.74, 6) is 0. The van der Waals surface area contributed by atoms with E-state index in [1.165, 1.54) is 0 Å². The maximum absolute atomic E-state index is 9.43. The lowest BCUT2D eigenvalue weighted by molar-refractivity contribution is -0.0878. The van der Waals surface area contributed by atoms with Gasteiger partial charge in [-0.25, -0.2) is 0 Å². The molecule has 0 unspecified atom stereocenters. The van der Waals surface area contributed by atoms with Crippen LogP contribution in [0.3, 0.4) is 0 Å². The predicted molar refractivity (Wildman–Crippen MR) is 37.2 cm³/mol. The van der Waals surface area contributed by atoms with Gasteiger partial charge in [-0.15, -0.1) is 0 Å². The molecule has 0 aromatic carbocycles. The van der Waals surface area contributed by atoms with Crippen molar-refractivity contribution in [3.8, 4) is 12.1 Å². The van der Waals surface area contributed by atoms with Crippen LogP contribution in [0.2, 0.25) is 0 Å². The zero-order chi connectivity index (χ0) is 8.32. The number of hydrogen-bond acceptors (Lipinski definition) is 4. The monoisotopic (exact) mass is 151 g/mol. The van der Waals surface area contributed by atoms with E-state index in [0.29, 0.717) is 19.6 Å². The highest BCUT2D eigenvalue weighted by Crippen LogP contribution is 2.22. The molecular formula is C7H9N3O. The molecule has 0 aliphatic carbocycles. The van der Waals surface area contributed by atoms with Gasteiger partial charge in [-0.05, 0) is 0 Å². The zero-order valence-corrected chi connectivity index (χ0v) is 6.12. The minimum atomic E-state index is -0.842. The molecule has 0 amide bonds. The molecule has 0 saturated carbocycles. The van der Waals surface area contributed by atoms with Crippen molar-refractivity contribution in [1.82, 2.24) is 4.90 Å². The van der Waals surface area contributed by atoms with Crippen molar-refractivity contribution in [1.29, 1.82) is 10.5 Å². The van der Waals surface area contributed by atoms with Gasteiger partial charge >= 0.3 is 0 Å². The number of nitriles is 2. The van der Waals surface area contributed by atoms with Crippen LogP contribution in [0, 0.1) is 22.7 Å². The highest BCUT2D eigenvalue weighted by Gasteiger charge is 2.40.